The van der Waals surface area contributed by atoms with E-state index in [4.69, 9.17) is 0 Å². The second kappa shape index (κ2) is 6.02. The smallest absolute Gasteiger partial charge is 0.128 e. The van der Waals surface area contributed by atoms with Gasteiger partial charge >= 0.3 is 0 Å². The molecule has 3 unspecified atom stereocenters. The molecule has 110 valence electrons. The second-order valence-corrected chi connectivity index (χ2v) is 6.76. The molecule has 0 bridgehead atoms. The van der Waals surface area contributed by atoms with E-state index in [2.05, 4.69) is 22.4 Å². The number of nitrogens with one attached hydrogen (secondary N) is 1. The Bertz CT molecular complexity index is 426. The number of aromatic nitrogens is 1. The van der Waals surface area contributed by atoms with E-state index in [1.54, 1.807) is 0 Å². The molecule has 20 heavy (non-hydrogen) atoms. The van der Waals surface area contributed by atoms with Gasteiger partial charge in [0.15, 0.2) is 0 Å². The lowest BCUT2D eigenvalue weighted by molar-refractivity contribution is 0.162. The number of hydrogen-bond acceptors (Lipinski definition) is 3. The van der Waals surface area contributed by atoms with Crippen LogP contribution >= 0.6 is 0 Å². The minimum absolute atomic E-state index is 0.654. The third-order valence-corrected chi connectivity index (χ3v) is 5.12. The third-order valence-electron chi connectivity index (χ3n) is 5.12. The maximum absolute atomic E-state index is 4.49. The first-order valence-corrected chi connectivity index (χ1v) is 8.12. The molecule has 1 N–H and O–H groups in total. The molecule has 0 radical (unpaired) electrons. The van der Waals surface area contributed by atoms with Gasteiger partial charge in [0, 0.05) is 20.1 Å². The highest BCUT2D eigenvalue weighted by Crippen LogP contribution is 2.41. The molecule has 0 aromatic carbocycles. The van der Waals surface area contributed by atoms with Crippen LogP contribution in [0.5, 0.6) is 0 Å². The molecule has 3 nitrogen and oxygen atoms in total. The van der Waals surface area contributed by atoms with Crippen molar-refractivity contribution in [1.29, 1.82) is 0 Å². The Hall–Kier alpha value is -1.25. The molecule has 3 heteroatoms. The number of pyridine rings is 1. The molecule has 2 fully saturated rings. The van der Waals surface area contributed by atoms with Gasteiger partial charge in [-0.25, -0.2) is 4.98 Å². The Morgan fingerprint density at radius 2 is 1.85 bits per heavy atom. The first-order chi connectivity index (χ1) is 9.72. The van der Waals surface area contributed by atoms with Crippen LogP contribution in [-0.2, 0) is 0 Å². The maximum Gasteiger partial charge on any atom is 0.128 e. The van der Waals surface area contributed by atoms with Gasteiger partial charge < -0.3 is 10.2 Å². The standard InChI is InChI=1S/C17H27N3/c1-20(2)17-10-9-16(12-18-17)19-15-8-7-13-5-3-4-6-14(13)11-15/h9-10,12-15,19H,3-8,11H2,1-2H3. The Balaban J connectivity index is 1.57. The van der Waals surface area contributed by atoms with Crippen molar-refractivity contribution in [2.45, 2.75) is 51.0 Å². The van der Waals surface area contributed by atoms with Crippen LogP contribution in [0.15, 0.2) is 18.3 Å². The number of hydrogen-bond donors (Lipinski definition) is 1. The second-order valence-electron chi connectivity index (χ2n) is 6.76. The molecule has 2 aliphatic rings. The van der Waals surface area contributed by atoms with Gasteiger partial charge in [-0.05, 0) is 43.2 Å². The van der Waals surface area contributed by atoms with E-state index in [1.165, 1.54) is 50.6 Å². The largest absolute Gasteiger partial charge is 0.381 e. The lowest BCUT2D eigenvalue weighted by Gasteiger charge is -2.39. The van der Waals surface area contributed by atoms with Crippen LogP contribution in [0, 0.1) is 11.8 Å². The zero-order valence-corrected chi connectivity index (χ0v) is 12.8. The van der Waals surface area contributed by atoms with E-state index in [9.17, 15) is 0 Å². The molecule has 0 aliphatic heterocycles. The van der Waals surface area contributed by atoms with Crippen LogP contribution < -0.4 is 10.2 Å². The Kier molecular flexibility index (Phi) is 4.13. The first kappa shape index (κ1) is 13.7. The van der Waals surface area contributed by atoms with Crippen molar-refractivity contribution < 1.29 is 0 Å². The summed E-state index contributed by atoms with van der Waals surface area (Å²) in [4.78, 5) is 6.53. The fourth-order valence-corrected chi connectivity index (χ4v) is 3.98. The summed E-state index contributed by atoms with van der Waals surface area (Å²) in [6.45, 7) is 0. The summed E-state index contributed by atoms with van der Waals surface area (Å²) in [6, 6.07) is 4.91. The number of anilines is 2. The minimum atomic E-state index is 0.654. The molecule has 0 amide bonds. The molecule has 0 saturated heterocycles. The molecule has 1 aromatic heterocycles. The molecular formula is C17H27N3. The highest BCUT2D eigenvalue weighted by Gasteiger charge is 2.31. The number of fused-ring (bicyclic) bond motifs is 1. The van der Waals surface area contributed by atoms with Crippen molar-refractivity contribution in [2.24, 2.45) is 11.8 Å². The molecule has 0 spiro atoms. The normalized spacial score (nSPS) is 29.6. The summed E-state index contributed by atoms with van der Waals surface area (Å²) in [6.07, 6.45) is 11.9. The molecular weight excluding hydrogens is 246 g/mol. The van der Waals surface area contributed by atoms with Gasteiger partial charge in [-0.2, -0.15) is 0 Å². The van der Waals surface area contributed by atoms with E-state index >= 15 is 0 Å². The summed E-state index contributed by atoms with van der Waals surface area (Å²) in [5.41, 5.74) is 1.18. The van der Waals surface area contributed by atoms with Gasteiger partial charge in [-0.3, -0.25) is 0 Å². The highest BCUT2D eigenvalue weighted by molar-refractivity contribution is 5.48. The SMILES string of the molecule is CN(C)c1ccc(NC2CCC3CCCCC3C2)cn1. The fraction of sp³-hybridized carbons (Fsp3) is 0.706. The molecule has 3 rings (SSSR count). The van der Waals surface area contributed by atoms with Crippen molar-refractivity contribution in [1.82, 2.24) is 4.98 Å². The third kappa shape index (κ3) is 3.08. The van der Waals surface area contributed by atoms with E-state index in [-0.39, 0.29) is 0 Å². The van der Waals surface area contributed by atoms with Gasteiger partial charge in [0.2, 0.25) is 0 Å². The topological polar surface area (TPSA) is 28.2 Å². The van der Waals surface area contributed by atoms with Crippen molar-refractivity contribution >= 4 is 11.5 Å². The molecule has 3 atom stereocenters. The maximum atomic E-state index is 4.49. The first-order valence-electron chi connectivity index (χ1n) is 8.12. The average Bonchev–Trinajstić information content (AvgIpc) is 2.48. The zero-order valence-electron chi connectivity index (χ0n) is 12.8. The minimum Gasteiger partial charge on any atom is -0.381 e. The van der Waals surface area contributed by atoms with Crippen molar-refractivity contribution in [3.05, 3.63) is 18.3 Å². The molecule has 1 heterocycles. The van der Waals surface area contributed by atoms with E-state index in [1.807, 2.05) is 25.2 Å². The van der Waals surface area contributed by atoms with Crippen LogP contribution in [0.1, 0.15) is 44.9 Å². The van der Waals surface area contributed by atoms with Crippen molar-refractivity contribution in [3.8, 4) is 0 Å². The van der Waals surface area contributed by atoms with Crippen LogP contribution in [0.2, 0.25) is 0 Å². The van der Waals surface area contributed by atoms with E-state index < -0.39 is 0 Å². The molecule has 2 aliphatic carbocycles. The van der Waals surface area contributed by atoms with Crippen LogP contribution in [0.3, 0.4) is 0 Å². The van der Waals surface area contributed by atoms with Gasteiger partial charge in [-0.15, -0.1) is 0 Å². The summed E-state index contributed by atoms with van der Waals surface area (Å²) >= 11 is 0. The van der Waals surface area contributed by atoms with Crippen molar-refractivity contribution in [3.63, 3.8) is 0 Å². The Labute approximate surface area is 122 Å². The quantitative estimate of drug-likeness (QED) is 0.904. The zero-order chi connectivity index (χ0) is 13.9. The monoisotopic (exact) mass is 273 g/mol. The van der Waals surface area contributed by atoms with Crippen LogP contribution in [0.25, 0.3) is 0 Å². The summed E-state index contributed by atoms with van der Waals surface area (Å²) < 4.78 is 0. The predicted octanol–water partition coefficient (Wildman–Crippen LogP) is 3.92. The number of nitrogens with zero attached hydrogens (tertiary/aromatic N) is 2. The summed E-state index contributed by atoms with van der Waals surface area (Å²) in [5, 5.41) is 3.70. The highest BCUT2D eigenvalue weighted by atomic mass is 15.1. The van der Waals surface area contributed by atoms with Gasteiger partial charge in [0.1, 0.15) is 5.82 Å². The lowest BCUT2D eigenvalue weighted by atomic mass is 9.69. The van der Waals surface area contributed by atoms with Crippen molar-refractivity contribution in [2.75, 3.05) is 24.3 Å². The Morgan fingerprint density at radius 3 is 2.55 bits per heavy atom. The van der Waals surface area contributed by atoms with Crippen LogP contribution in [0.4, 0.5) is 11.5 Å². The molecule has 2 saturated carbocycles. The lowest BCUT2D eigenvalue weighted by Crippen LogP contribution is -2.34. The average molecular weight is 273 g/mol. The fourth-order valence-electron chi connectivity index (χ4n) is 3.98. The Morgan fingerprint density at radius 1 is 1.05 bits per heavy atom. The predicted molar refractivity (Wildman–Crippen MR) is 85.3 cm³/mol. The van der Waals surface area contributed by atoms with Crippen LogP contribution in [-0.4, -0.2) is 25.1 Å². The van der Waals surface area contributed by atoms with E-state index in [0.717, 1.165) is 17.7 Å². The van der Waals surface area contributed by atoms with Gasteiger partial charge in [0.05, 0.1) is 11.9 Å². The number of rotatable bonds is 3. The molecule has 1 aromatic rings. The summed E-state index contributed by atoms with van der Waals surface area (Å²) in [7, 11) is 4.06. The van der Waals surface area contributed by atoms with Gasteiger partial charge in [-0.1, -0.05) is 25.7 Å². The summed E-state index contributed by atoms with van der Waals surface area (Å²) in [5.74, 6) is 3.02. The van der Waals surface area contributed by atoms with E-state index in [0.29, 0.717) is 6.04 Å². The van der Waals surface area contributed by atoms with Gasteiger partial charge in [0.25, 0.3) is 0 Å².